The number of nitrogens with zero attached hydrogens (tertiary/aromatic N) is 1. The lowest BCUT2D eigenvalue weighted by Crippen LogP contribution is -2.33. The van der Waals surface area contributed by atoms with Gasteiger partial charge in [0.25, 0.3) is 0 Å². The standard InChI is InChI=1S/C16H22N2O5/c1-11(12-5-6-13(20-3)14(9-12)21-4)17-18-15(19)10-16(2)22-7-8-23-16/h5-6,9H,7-8,10H2,1-4H3,(H,18,19)/b17-11-. The van der Waals surface area contributed by atoms with Crippen LogP contribution < -0.4 is 14.9 Å². The van der Waals surface area contributed by atoms with Crippen molar-refractivity contribution in [2.24, 2.45) is 5.10 Å². The highest BCUT2D eigenvalue weighted by Gasteiger charge is 2.33. The van der Waals surface area contributed by atoms with Crippen LogP contribution in [0.25, 0.3) is 0 Å². The molecule has 0 unspecified atom stereocenters. The molecule has 0 aromatic heterocycles. The van der Waals surface area contributed by atoms with Gasteiger partial charge in [-0.05, 0) is 32.0 Å². The average molecular weight is 322 g/mol. The SMILES string of the molecule is COc1ccc(/C(C)=N\NC(=O)CC2(C)OCCO2)cc1OC. The zero-order valence-electron chi connectivity index (χ0n) is 13.8. The molecule has 0 aliphatic carbocycles. The predicted octanol–water partition coefficient (Wildman–Crippen LogP) is 1.70. The van der Waals surface area contributed by atoms with E-state index in [1.807, 2.05) is 6.07 Å². The first-order valence-electron chi connectivity index (χ1n) is 7.31. The molecule has 1 heterocycles. The number of nitrogens with one attached hydrogen (secondary N) is 1. The molecule has 0 atom stereocenters. The highest BCUT2D eigenvalue weighted by Crippen LogP contribution is 2.27. The molecular weight excluding hydrogens is 300 g/mol. The Morgan fingerprint density at radius 1 is 1.26 bits per heavy atom. The summed E-state index contributed by atoms with van der Waals surface area (Å²) < 4.78 is 21.2. The second-order valence-electron chi connectivity index (χ2n) is 5.31. The number of amides is 1. The molecule has 1 aromatic carbocycles. The fourth-order valence-electron chi connectivity index (χ4n) is 2.26. The van der Waals surface area contributed by atoms with Gasteiger partial charge < -0.3 is 18.9 Å². The summed E-state index contributed by atoms with van der Waals surface area (Å²) in [7, 11) is 3.14. The minimum atomic E-state index is -0.864. The van der Waals surface area contributed by atoms with Gasteiger partial charge in [0.05, 0.1) is 39.6 Å². The van der Waals surface area contributed by atoms with Crippen molar-refractivity contribution in [3.05, 3.63) is 23.8 Å². The van der Waals surface area contributed by atoms with Gasteiger partial charge in [0.2, 0.25) is 5.91 Å². The molecule has 1 fully saturated rings. The Labute approximate surface area is 135 Å². The summed E-state index contributed by atoms with van der Waals surface area (Å²) in [6, 6.07) is 5.43. The second-order valence-corrected chi connectivity index (χ2v) is 5.31. The first-order chi connectivity index (χ1) is 11.0. The van der Waals surface area contributed by atoms with E-state index in [1.54, 1.807) is 40.2 Å². The molecule has 1 amide bonds. The van der Waals surface area contributed by atoms with E-state index in [0.717, 1.165) is 5.56 Å². The highest BCUT2D eigenvalue weighted by molar-refractivity contribution is 5.99. The predicted molar refractivity (Wildman–Crippen MR) is 84.8 cm³/mol. The van der Waals surface area contributed by atoms with Crippen LogP contribution in [-0.4, -0.2) is 44.8 Å². The van der Waals surface area contributed by atoms with Crippen LogP contribution in [0, 0.1) is 0 Å². The number of carbonyl (C=O) groups excluding carboxylic acids is 1. The monoisotopic (exact) mass is 322 g/mol. The molecule has 1 aliphatic heterocycles. The van der Waals surface area contributed by atoms with Crippen LogP contribution in [-0.2, 0) is 14.3 Å². The first kappa shape index (κ1) is 17.2. The van der Waals surface area contributed by atoms with Crippen LogP contribution in [0.4, 0.5) is 0 Å². The number of benzene rings is 1. The summed E-state index contributed by atoms with van der Waals surface area (Å²) in [5.74, 6) is 0.105. The zero-order chi connectivity index (χ0) is 16.9. The first-order valence-corrected chi connectivity index (χ1v) is 7.31. The lowest BCUT2D eigenvalue weighted by molar-refractivity contribution is -0.159. The third-order valence-corrected chi connectivity index (χ3v) is 3.53. The molecule has 7 nitrogen and oxygen atoms in total. The fourth-order valence-corrected chi connectivity index (χ4v) is 2.26. The van der Waals surface area contributed by atoms with Crippen LogP contribution in [0.1, 0.15) is 25.8 Å². The smallest absolute Gasteiger partial charge is 0.245 e. The topological polar surface area (TPSA) is 78.4 Å². The van der Waals surface area contributed by atoms with Crippen LogP contribution in [0.2, 0.25) is 0 Å². The van der Waals surface area contributed by atoms with Crippen molar-refractivity contribution in [1.29, 1.82) is 0 Å². The normalized spacial score (nSPS) is 17.0. The Bertz CT molecular complexity index is 594. The third-order valence-electron chi connectivity index (χ3n) is 3.53. The quantitative estimate of drug-likeness (QED) is 0.637. The van der Waals surface area contributed by atoms with E-state index in [9.17, 15) is 4.79 Å². The Morgan fingerprint density at radius 2 is 1.91 bits per heavy atom. The van der Waals surface area contributed by atoms with Crippen molar-refractivity contribution >= 4 is 11.6 Å². The maximum absolute atomic E-state index is 11.9. The molecule has 2 rings (SSSR count). The molecule has 0 radical (unpaired) electrons. The number of rotatable bonds is 6. The average Bonchev–Trinajstić information content (AvgIpc) is 2.97. The molecule has 1 aromatic rings. The number of hydrogen-bond acceptors (Lipinski definition) is 6. The number of ether oxygens (including phenoxy) is 4. The van der Waals surface area contributed by atoms with Crippen molar-refractivity contribution in [3.8, 4) is 11.5 Å². The molecule has 1 saturated heterocycles. The molecular formula is C16H22N2O5. The van der Waals surface area contributed by atoms with Crippen LogP contribution in [0.5, 0.6) is 11.5 Å². The zero-order valence-corrected chi connectivity index (χ0v) is 13.8. The van der Waals surface area contributed by atoms with Gasteiger partial charge >= 0.3 is 0 Å². The van der Waals surface area contributed by atoms with Crippen molar-refractivity contribution in [1.82, 2.24) is 5.43 Å². The summed E-state index contributed by atoms with van der Waals surface area (Å²) in [6.07, 6.45) is 0.0930. The Hall–Kier alpha value is -2.12. The van der Waals surface area contributed by atoms with Gasteiger partial charge in [0.1, 0.15) is 0 Å². The molecule has 7 heteroatoms. The van der Waals surface area contributed by atoms with E-state index in [0.29, 0.717) is 30.4 Å². The molecule has 0 spiro atoms. The van der Waals surface area contributed by atoms with Gasteiger partial charge in [0.15, 0.2) is 17.3 Å². The lowest BCUT2D eigenvalue weighted by Gasteiger charge is -2.20. The van der Waals surface area contributed by atoms with E-state index >= 15 is 0 Å². The van der Waals surface area contributed by atoms with Crippen LogP contribution in [0.15, 0.2) is 23.3 Å². The number of hydrazone groups is 1. The van der Waals surface area contributed by atoms with Crippen molar-refractivity contribution in [2.75, 3.05) is 27.4 Å². The van der Waals surface area contributed by atoms with Gasteiger partial charge in [-0.1, -0.05) is 0 Å². The largest absolute Gasteiger partial charge is 0.493 e. The van der Waals surface area contributed by atoms with Crippen LogP contribution in [0.3, 0.4) is 0 Å². The van der Waals surface area contributed by atoms with Crippen molar-refractivity contribution in [2.45, 2.75) is 26.1 Å². The van der Waals surface area contributed by atoms with E-state index in [1.165, 1.54) is 0 Å². The second kappa shape index (κ2) is 7.43. The lowest BCUT2D eigenvalue weighted by atomic mass is 10.1. The summed E-state index contributed by atoms with van der Waals surface area (Å²) in [4.78, 5) is 11.9. The molecule has 0 saturated carbocycles. The summed E-state index contributed by atoms with van der Waals surface area (Å²) in [5, 5.41) is 4.11. The van der Waals surface area contributed by atoms with Gasteiger partial charge in [-0.15, -0.1) is 0 Å². The Balaban J connectivity index is 2.00. The van der Waals surface area contributed by atoms with Gasteiger partial charge in [-0.3, -0.25) is 4.79 Å². The van der Waals surface area contributed by atoms with E-state index in [-0.39, 0.29) is 12.3 Å². The van der Waals surface area contributed by atoms with Crippen molar-refractivity contribution in [3.63, 3.8) is 0 Å². The molecule has 0 bridgehead atoms. The van der Waals surface area contributed by atoms with Crippen molar-refractivity contribution < 1.29 is 23.7 Å². The maximum Gasteiger partial charge on any atom is 0.245 e. The fraction of sp³-hybridized carbons (Fsp3) is 0.500. The molecule has 23 heavy (non-hydrogen) atoms. The van der Waals surface area contributed by atoms with Gasteiger partial charge in [-0.2, -0.15) is 5.10 Å². The van der Waals surface area contributed by atoms with E-state index in [2.05, 4.69) is 10.5 Å². The third kappa shape index (κ3) is 4.43. The Kier molecular flexibility index (Phi) is 5.57. The number of carbonyl (C=O) groups is 1. The summed E-state index contributed by atoms with van der Waals surface area (Å²) in [5.41, 5.74) is 3.99. The number of methoxy groups -OCH3 is 2. The minimum absolute atomic E-state index is 0.0930. The summed E-state index contributed by atoms with van der Waals surface area (Å²) in [6.45, 7) is 4.53. The van der Waals surface area contributed by atoms with Crippen LogP contribution >= 0.6 is 0 Å². The molecule has 1 aliphatic rings. The summed E-state index contributed by atoms with van der Waals surface area (Å²) >= 11 is 0. The minimum Gasteiger partial charge on any atom is -0.493 e. The maximum atomic E-state index is 11.9. The van der Waals surface area contributed by atoms with Gasteiger partial charge in [-0.25, -0.2) is 5.43 Å². The highest BCUT2D eigenvalue weighted by atomic mass is 16.7. The Morgan fingerprint density at radius 3 is 2.52 bits per heavy atom. The van der Waals surface area contributed by atoms with E-state index in [4.69, 9.17) is 18.9 Å². The molecule has 1 N–H and O–H groups in total. The number of hydrogen-bond donors (Lipinski definition) is 1. The van der Waals surface area contributed by atoms with Gasteiger partial charge in [0, 0.05) is 5.56 Å². The molecule has 126 valence electrons. The van der Waals surface area contributed by atoms with E-state index < -0.39 is 5.79 Å².